The minimum Gasteiger partial charge on any atom is -0.479 e. The summed E-state index contributed by atoms with van der Waals surface area (Å²) in [6.07, 6.45) is -29.9. The van der Waals surface area contributed by atoms with Crippen molar-refractivity contribution in [2.45, 2.75) is 97.7 Å². The van der Waals surface area contributed by atoms with Crippen molar-refractivity contribution in [2.75, 3.05) is 33.0 Å². The Morgan fingerprint density at radius 3 is 0.510 bits per heavy atom. The fourth-order valence-corrected chi connectivity index (χ4v) is 2.68. The average Bonchev–Trinajstić information content (AvgIpc) is 3.12. The lowest BCUT2D eigenvalue weighted by Gasteiger charge is -2.24. The smallest absolute Gasteiger partial charge is 0.335 e. The third-order valence-corrected chi connectivity index (χ3v) is 6.04. The SMILES string of the molecule is O=C(O)[C@@H](O)[C@H](O)[C@H](O)[C@@H](O)C(=O)O.O=C(O)[C@H](O)[C@@H](O)[C@H](O)[C@H](O)CO.OC[C@@H](O)[C@@H](O)[C@H](O)[C@@H](O)CO.OC[C@@H](O)[C@@H](O)[C@H](O)[C@H](O)CO. The van der Waals surface area contributed by atoms with Crippen LogP contribution in [-0.2, 0) is 14.4 Å². The standard InChI is InChI=1S/C6H10O8.C6H12O7.2C6H14O6/c7-1(3(9)5(11)12)2(8)4(10)6(13)14;7-1-2(8)3(9)4(10)5(11)6(12)13;2*7-1-3(9)5(11)6(12)4(10)2-8/h1-4,7-10H,(H,11,12)(H,13,14);2-5,7-11H,1H2,(H,12,13);2*3-12H,1-2H2/t1-,2+,3+,4-;2-,3-,4+,5-;3-,4+,5-,6-;3-,4-,5-,6-/m.111/s1. The van der Waals surface area contributed by atoms with Gasteiger partial charge in [0, 0.05) is 0 Å². The summed E-state index contributed by atoms with van der Waals surface area (Å²) in [5.74, 6) is -5.40. The Balaban J connectivity index is -0.000000289. The van der Waals surface area contributed by atoms with E-state index in [0.29, 0.717) is 0 Å². The highest BCUT2D eigenvalue weighted by molar-refractivity contribution is 5.75. The van der Waals surface area contributed by atoms with Gasteiger partial charge in [0.15, 0.2) is 18.3 Å². The van der Waals surface area contributed by atoms with Gasteiger partial charge in [0.1, 0.15) is 79.4 Å². The summed E-state index contributed by atoms with van der Waals surface area (Å²) in [7, 11) is 0. The number of hydrogen-bond acceptors (Lipinski definition) is 24. The van der Waals surface area contributed by atoms with Gasteiger partial charge < -0.3 is 123 Å². The molecule has 27 nitrogen and oxygen atoms in total. The van der Waals surface area contributed by atoms with Crippen LogP contribution in [0.15, 0.2) is 0 Å². The van der Waals surface area contributed by atoms with Crippen LogP contribution in [0, 0.1) is 0 Å². The molecular weight excluding hydrogens is 720 g/mol. The molecule has 0 radical (unpaired) electrons. The van der Waals surface area contributed by atoms with E-state index in [0.717, 1.165) is 0 Å². The number of rotatable bonds is 20. The predicted molar refractivity (Wildman–Crippen MR) is 154 cm³/mol. The van der Waals surface area contributed by atoms with Crippen LogP contribution in [0.25, 0.3) is 0 Å². The number of aliphatic hydroxyl groups is 21. The third-order valence-electron chi connectivity index (χ3n) is 6.04. The van der Waals surface area contributed by atoms with Crippen molar-refractivity contribution in [2.24, 2.45) is 0 Å². The zero-order valence-corrected chi connectivity index (χ0v) is 26.2. The Hall–Kier alpha value is -2.43. The molecule has 0 heterocycles. The lowest BCUT2D eigenvalue weighted by atomic mass is 10.0. The maximum atomic E-state index is 10.1. The lowest BCUT2D eigenvalue weighted by molar-refractivity contribution is -0.172. The molecule has 0 unspecified atom stereocenters. The second kappa shape index (κ2) is 29.1. The van der Waals surface area contributed by atoms with Crippen LogP contribution >= 0.6 is 0 Å². The van der Waals surface area contributed by atoms with Crippen molar-refractivity contribution >= 4 is 17.9 Å². The van der Waals surface area contributed by atoms with Crippen molar-refractivity contribution in [1.29, 1.82) is 0 Å². The van der Waals surface area contributed by atoms with Gasteiger partial charge in [-0.1, -0.05) is 0 Å². The maximum Gasteiger partial charge on any atom is 0.335 e. The first-order chi connectivity index (χ1) is 23.3. The molecule has 0 saturated heterocycles. The van der Waals surface area contributed by atoms with E-state index >= 15 is 0 Å². The van der Waals surface area contributed by atoms with E-state index in [1.807, 2.05) is 0 Å². The van der Waals surface area contributed by atoms with Crippen molar-refractivity contribution in [1.82, 2.24) is 0 Å². The summed E-state index contributed by atoms with van der Waals surface area (Å²) >= 11 is 0. The van der Waals surface area contributed by atoms with Crippen LogP contribution in [0.5, 0.6) is 0 Å². The number of carbonyl (C=O) groups is 3. The van der Waals surface area contributed by atoms with E-state index in [2.05, 4.69) is 0 Å². The molecule has 0 spiro atoms. The molecule has 51 heavy (non-hydrogen) atoms. The zero-order valence-electron chi connectivity index (χ0n) is 26.2. The highest BCUT2D eigenvalue weighted by Gasteiger charge is 2.37. The van der Waals surface area contributed by atoms with Gasteiger partial charge in [-0.3, -0.25) is 0 Å². The molecule has 0 saturated carbocycles. The molecule has 0 fully saturated rings. The number of aliphatic carboxylic acids is 3. The summed E-state index contributed by atoms with van der Waals surface area (Å²) in [4.78, 5) is 30.3. The van der Waals surface area contributed by atoms with E-state index in [4.69, 9.17) is 123 Å². The molecule has 0 aromatic rings. The summed E-state index contributed by atoms with van der Waals surface area (Å²) in [5.41, 5.74) is 0. The van der Waals surface area contributed by atoms with Crippen LogP contribution in [0.1, 0.15) is 0 Å². The Kier molecular flexibility index (Phi) is 31.5. The molecule has 0 aliphatic carbocycles. The lowest BCUT2D eigenvalue weighted by Crippen LogP contribution is -2.49. The van der Waals surface area contributed by atoms with Gasteiger partial charge in [-0.05, 0) is 0 Å². The van der Waals surface area contributed by atoms with Gasteiger partial charge in [-0.15, -0.1) is 0 Å². The highest BCUT2D eigenvalue weighted by Crippen LogP contribution is 2.07. The fraction of sp³-hybridized carbons (Fsp3) is 0.875. The molecule has 0 aromatic carbocycles. The van der Waals surface area contributed by atoms with E-state index < -0.39 is 149 Å². The second-order valence-electron chi connectivity index (χ2n) is 10.0. The first-order valence-electron chi connectivity index (χ1n) is 13.9. The summed E-state index contributed by atoms with van der Waals surface area (Å²) < 4.78 is 0. The molecule has 16 atom stereocenters. The van der Waals surface area contributed by atoms with Crippen molar-refractivity contribution in [3.05, 3.63) is 0 Å². The van der Waals surface area contributed by atoms with Crippen LogP contribution in [0.3, 0.4) is 0 Å². The van der Waals surface area contributed by atoms with E-state index in [9.17, 15) is 14.4 Å². The molecule has 308 valence electrons. The van der Waals surface area contributed by atoms with E-state index in [1.54, 1.807) is 0 Å². The topological polar surface area (TPSA) is 537 Å². The largest absolute Gasteiger partial charge is 0.479 e. The van der Waals surface area contributed by atoms with Gasteiger partial charge in [-0.25, -0.2) is 14.4 Å². The normalized spacial score (nSPS) is 20.6. The minimum atomic E-state index is -2.36. The summed E-state index contributed by atoms with van der Waals surface area (Å²) in [6.45, 7) is -3.75. The van der Waals surface area contributed by atoms with Gasteiger partial charge in [0.05, 0.1) is 33.0 Å². The quantitative estimate of drug-likeness (QED) is 0.0546. The molecule has 0 aliphatic rings. The molecule has 24 N–H and O–H groups in total. The van der Waals surface area contributed by atoms with Crippen LogP contribution < -0.4 is 0 Å². The highest BCUT2D eigenvalue weighted by atomic mass is 16.5. The number of carboxylic acids is 3. The molecular formula is C24H50O27. The number of aliphatic hydroxyl groups excluding tert-OH is 21. The predicted octanol–water partition coefficient (Wildman–Crippen LogP) is -14.1. The molecule has 0 rings (SSSR count). The Bertz CT molecular complexity index is 832. The van der Waals surface area contributed by atoms with E-state index in [-0.39, 0.29) is 0 Å². The van der Waals surface area contributed by atoms with Crippen LogP contribution in [0.2, 0.25) is 0 Å². The van der Waals surface area contributed by atoms with Crippen molar-refractivity contribution in [3.63, 3.8) is 0 Å². The van der Waals surface area contributed by atoms with Gasteiger partial charge in [-0.2, -0.15) is 0 Å². The van der Waals surface area contributed by atoms with Crippen LogP contribution in [0.4, 0.5) is 0 Å². The van der Waals surface area contributed by atoms with E-state index in [1.165, 1.54) is 0 Å². The fourth-order valence-electron chi connectivity index (χ4n) is 2.68. The number of hydrogen-bond donors (Lipinski definition) is 24. The summed E-state index contributed by atoms with van der Waals surface area (Å²) in [6, 6.07) is 0. The minimum absolute atomic E-state index is 0.726. The third kappa shape index (κ3) is 21.6. The first-order valence-corrected chi connectivity index (χ1v) is 13.9. The molecule has 0 amide bonds. The molecule has 0 aromatic heterocycles. The van der Waals surface area contributed by atoms with Crippen molar-refractivity contribution < 1.29 is 137 Å². The van der Waals surface area contributed by atoms with Crippen molar-refractivity contribution in [3.8, 4) is 0 Å². The van der Waals surface area contributed by atoms with Gasteiger partial charge >= 0.3 is 17.9 Å². The number of carboxylic acid groups (broad SMARTS) is 3. The molecule has 0 bridgehead atoms. The Morgan fingerprint density at radius 2 is 0.392 bits per heavy atom. The van der Waals surface area contributed by atoms with Gasteiger partial charge in [0.25, 0.3) is 0 Å². The zero-order chi connectivity index (χ0) is 41.5. The van der Waals surface area contributed by atoms with Crippen LogP contribution in [-0.4, -0.2) is 271 Å². The van der Waals surface area contributed by atoms with Gasteiger partial charge in [0.2, 0.25) is 0 Å². The monoisotopic (exact) mass is 770 g/mol. The maximum absolute atomic E-state index is 10.1. The Morgan fingerprint density at radius 1 is 0.275 bits per heavy atom. The molecule has 27 heteroatoms. The molecule has 0 aliphatic heterocycles. The second-order valence-corrected chi connectivity index (χ2v) is 10.0. The Labute approximate surface area is 286 Å². The average molecular weight is 771 g/mol. The first kappa shape index (κ1) is 55.3. The summed E-state index contributed by atoms with van der Waals surface area (Å²) in [5, 5.41) is 208.